The molecule has 0 atom stereocenters. The van der Waals surface area contributed by atoms with Crippen LogP contribution in [0.25, 0.3) is 6.08 Å². The minimum Gasteiger partial charge on any atom is -0.289 e. The molecule has 0 radical (unpaired) electrons. The number of aryl methyl sites for hydroxylation is 1. The number of ketones is 1. The first-order valence-electron chi connectivity index (χ1n) is 5.87. The van der Waals surface area contributed by atoms with Crippen LogP contribution in [0.1, 0.15) is 30.0 Å². The zero-order valence-corrected chi connectivity index (χ0v) is 10.6. The average molecular weight is 239 g/mol. The third-order valence-electron chi connectivity index (χ3n) is 2.70. The maximum atomic E-state index is 12.2. The smallest absolute Gasteiger partial charge is 0.188 e. The summed E-state index contributed by atoms with van der Waals surface area (Å²) in [4.78, 5) is 16.3. The van der Waals surface area contributed by atoms with Gasteiger partial charge in [0, 0.05) is 18.9 Å². The van der Waals surface area contributed by atoms with Gasteiger partial charge in [-0.2, -0.15) is 0 Å². The molecule has 0 bridgehead atoms. The highest BCUT2D eigenvalue weighted by Gasteiger charge is 2.06. The van der Waals surface area contributed by atoms with Gasteiger partial charge in [0.2, 0.25) is 0 Å². The van der Waals surface area contributed by atoms with Gasteiger partial charge in [0.05, 0.1) is 0 Å². The van der Waals surface area contributed by atoms with Crippen LogP contribution in [-0.2, 0) is 0 Å². The number of carbonyl (C=O) groups excluding carboxylic acids is 1. The summed E-state index contributed by atoms with van der Waals surface area (Å²) in [7, 11) is 0. The Morgan fingerprint density at radius 2 is 1.94 bits per heavy atom. The molecule has 1 aromatic heterocycles. The van der Waals surface area contributed by atoms with Crippen molar-refractivity contribution < 1.29 is 6.22 Å². The van der Waals surface area contributed by atoms with Crippen molar-refractivity contribution in [2.45, 2.75) is 13.8 Å². The number of hydrogen-bond donors (Lipinski definition) is 0. The summed E-state index contributed by atoms with van der Waals surface area (Å²) in [5.74, 6) is 0.0602. The second-order valence-corrected chi connectivity index (χ2v) is 4.25. The number of allylic oxidation sites excluding steroid dienone is 1. The molecule has 2 rings (SSSR count). The van der Waals surface area contributed by atoms with Gasteiger partial charge < -0.3 is 0 Å². The van der Waals surface area contributed by atoms with E-state index in [2.05, 4.69) is 4.98 Å². The molecule has 0 spiro atoms. The Morgan fingerprint density at radius 1 is 1.22 bits per heavy atom. The van der Waals surface area contributed by atoms with Gasteiger partial charge in [-0.3, -0.25) is 9.78 Å². The van der Waals surface area contributed by atoms with Gasteiger partial charge in [0.25, 0.3) is 0 Å². The molecule has 0 aliphatic carbocycles. The molecular weight excluding hydrogens is 222 g/mol. The van der Waals surface area contributed by atoms with Crippen LogP contribution in [0.2, 0.25) is 0 Å². The standard InChI is InChI=1S/C16H15NO.H2/c1-12(10-14-8-9-17-13(2)11-14)16(18)15-6-4-3-5-7-15;/h3-11H,1-2H3;1H/b12-10+;. The van der Waals surface area contributed by atoms with E-state index in [-0.39, 0.29) is 7.21 Å². The summed E-state index contributed by atoms with van der Waals surface area (Å²) in [6.45, 7) is 3.77. The molecule has 0 fully saturated rings. The second kappa shape index (κ2) is 5.41. The summed E-state index contributed by atoms with van der Waals surface area (Å²) in [5.41, 5.74) is 3.40. The highest BCUT2D eigenvalue weighted by molar-refractivity contribution is 6.10. The molecule has 18 heavy (non-hydrogen) atoms. The molecule has 0 amide bonds. The normalized spacial score (nSPS) is 11.3. The van der Waals surface area contributed by atoms with Gasteiger partial charge in [-0.05, 0) is 43.2 Å². The van der Waals surface area contributed by atoms with Gasteiger partial charge in [0.15, 0.2) is 5.78 Å². The molecule has 92 valence electrons. The Kier molecular flexibility index (Phi) is 3.68. The van der Waals surface area contributed by atoms with E-state index in [1.807, 2.05) is 62.4 Å². The van der Waals surface area contributed by atoms with E-state index < -0.39 is 0 Å². The number of hydrogen-bond acceptors (Lipinski definition) is 2. The summed E-state index contributed by atoms with van der Waals surface area (Å²) >= 11 is 0. The number of rotatable bonds is 3. The first-order valence-corrected chi connectivity index (χ1v) is 5.87. The zero-order valence-electron chi connectivity index (χ0n) is 10.6. The molecule has 0 unspecified atom stereocenters. The van der Waals surface area contributed by atoms with E-state index in [9.17, 15) is 4.79 Å². The third-order valence-corrected chi connectivity index (χ3v) is 2.70. The molecular formula is C16H17NO. The summed E-state index contributed by atoms with van der Waals surface area (Å²) in [6.07, 6.45) is 3.64. The van der Waals surface area contributed by atoms with E-state index >= 15 is 0 Å². The van der Waals surface area contributed by atoms with Crippen molar-refractivity contribution in [3.05, 3.63) is 71.1 Å². The first-order chi connectivity index (χ1) is 8.66. The number of aromatic nitrogens is 1. The van der Waals surface area contributed by atoms with Crippen LogP contribution in [0.15, 0.2) is 54.2 Å². The zero-order chi connectivity index (χ0) is 13.0. The van der Waals surface area contributed by atoms with E-state index in [1.54, 1.807) is 6.20 Å². The van der Waals surface area contributed by atoms with E-state index in [4.69, 9.17) is 0 Å². The SMILES string of the molecule is C/C(=C\c1ccnc(C)c1)C(=O)c1ccccc1.[HH]. The van der Waals surface area contributed by atoms with Crippen LogP contribution in [0.4, 0.5) is 0 Å². The third kappa shape index (κ3) is 2.92. The van der Waals surface area contributed by atoms with Crippen LogP contribution < -0.4 is 0 Å². The Morgan fingerprint density at radius 3 is 2.61 bits per heavy atom. The van der Waals surface area contributed by atoms with Crippen LogP contribution in [0.3, 0.4) is 0 Å². The maximum Gasteiger partial charge on any atom is 0.188 e. The summed E-state index contributed by atoms with van der Waals surface area (Å²) in [6, 6.07) is 13.2. The number of pyridine rings is 1. The second-order valence-electron chi connectivity index (χ2n) is 4.25. The Labute approximate surface area is 108 Å². The highest BCUT2D eigenvalue weighted by Crippen LogP contribution is 2.12. The molecule has 0 aliphatic rings. The lowest BCUT2D eigenvalue weighted by Crippen LogP contribution is -2.00. The lowest BCUT2D eigenvalue weighted by atomic mass is 10.0. The molecule has 1 heterocycles. The lowest BCUT2D eigenvalue weighted by Gasteiger charge is -2.02. The fraction of sp³-hybridized carbons (Fsp3) is 0.125. The number of carbonyl (C=O) groups is 1. The minimum absolute atomic E-state index is 0. The number of nitrogens with zero attached hydrogens (tertiary/aromatic N) is 1. The van der Waals surface area contributed by atoms with Crippen molar-refractivity contribution >= 4 is 11.9 Å². The number of Topliss-reactive ketones (excluding diaryl/α,β-unsaturated/α-hetero) is 1. The van der Waals surface area contributed by atoms with Crippen LogP contribution in [0.5, 0.6) is 0 Å². The first kappa shape index (κ1) is 12.2. The molecule has 2 aromatic rings. The van der Waals surface area contributed by atoms with Crippen LogP contribution >= 0.6 is 0 Å². The molecule has 0 N–H and O–H groups in total. The maximum absolute atomic E-state index is 12.2. The van der Waals surface area contributed by atoms with Crippen molar-refractivity contribution in [1.82, 2.24) is 4.98 Å². The van der Waals surface area contributed by atoms with Crippen molar-refractivity contribution in [1.29, 1.82) is 0 Å². The van der Waals surface area contributed by atoms with Crippen LogP contribution in [-0.4, -0.2) is 10.8 Å². The van der Waals surface area contributed by atoms with E-state index in [0.29, 0.717) is 0 Å². The molecule has 0 saturated heterocycles. The number of benzene rings is 1. The summed E-state index contributed by atoms with van der Waals surface area (Å²) in [5, 5.41) is 0. The Bertz CT molecular complexity index is 591. The van der Waals surface area contributed by atoms with E-state index in [1.165, 1.54) is 0 Å². The molecule has 0 saturated carbocycles. The van der Waals surface area contributed by atoms with Gasteiger partial charge in [-0.25, -0.2) is 0 Å². The molecule has 1 aromatic carbocycles. The quantitative estimate of drug-likeness (QED) is 0.600. The van der Waals surface area contributed by atoms with Crippen molar-refractivity contribution in [2.75, 3.05) is 0 Å². The Hall–Kier alpha value is -2.22. The fourth-order valence-electron chi connectivity index (χ4n) is 1.79. The molecule has 2 nitrogen and oxygen atoms in total. The van der Waals surface area contributed by atoms with Crippen molar-refractivity contribution in [3.63, 3.8) is 0 Å². The van der Waals surface area contributed by atoms with Crippen molar-refractivity contribution in [2.24, 2.45) is 0 Å². The molecule has 0 aliphatic heterocycles. The monoisotopic (exact) mass is 239 g/mol. The van der Waals surface area contributed by atoms with Crippen molar-refractivity contribution in [3.8, 4) is 0 Å². The Balaban J connectivity index is 0.00000180. The highest BCUT2D eigenvalue weighted by atomic mass is 16.1. The lowest BCUT2D eigenvalue weighted by molar-refractivity contribution is 0.103. The predicted octanol–water partition coefficient (Wildman–Crippen LogP) is 3.92. The van der Waals surface area contributed by atoms with Gasteiger partial charge in [-0.1, -0.05) is 30.3 Å². The average Bonchev–Trinajstić information content (AvgIpc) is 2.39. The van der Waals surface area contributed by atoms with Gasteiger partial charge >= 0.3 is 0 Å². The van der Waals surface area contributed by atoms with Crippen LogP contribution in [0, 0.1) is 6.92 Å². The largest absolute Gasteiger partial charge is 0.289 e. The summed E-state index contributed by atoms with van der Waals surface area (Å²) < 4.78 is 0. The predicted molar refractivity (Wildman–Crippen MR) is 75.5 cm³/mol. The minimum atomic E-state index is 0. The topological polar surface area (TPSA) is 30.0 Å². The van der Waals surface area contributed by atoms with Gasteiger partial charge in [-0.15, -0.1) is 0 Å². The fourth-order valence-corrected chi connectivity index (χ4v) is 1.79. The van der Waals surface area contributed by atoms with E-state index in [0.717, 1.165) is 22.4 Å². The molecule has 2 heteroatoms. The van der Waals surface area contributed by atoms with Gasteiger partial charge in [0.1, 0.15) is 0 Å².